The van der Waals surface area contributed by atoms with E-state index in [9.17, 15) is 4.79 Å². The molecule has 1 saturated carbocycles. The van der Waals surface area contributed by atoms with Crippen LogP contribution in [0, 0.1) is 13.8 Å². The monoisotopic (exact) mass is 309 g/mol. The molecule has 23 heavy (non-hydrogen) atoms. The van der Waals surface area contributed by atoms with Crippen LogP contribution in [0.2, 0.25) is 0 Å². The van der Waals surface area contributed by atoms with E-state index in [1.54, 1.807) is 6.20 Å². The maximum atomic E-state index is 12.4. The highest BCUT2D eigenvalue weighted by atomic mass is 16.1. The van der Waals surface area contributed by atoms with Gasteiger partial charge in [-0.15, -0.1) is 0 Å². The van der Waals surface area contributed by atoms with Gasteiger partial charge in [-0.3, -0.25) is 9.78 Å². The molecule has 1 heterocycles. The lowest BCUT2D eigenvalue weighted by molar-refractivity contribution is 0.102. The van der Waals surface area contributed by atoms with E-state index in [1.165, 1.54) is 25.7 Å². The zero-order valence-electron chi connectivity index (χ0n) is 13.7. The summed E-state index contributed by atoms with van der Waals surface area (Å²) in [7, 11) is 0. The SMILES string of the molecule is Cc1cc(C)cc(NC(=O)c2cc(NC3CCCC3)ccn2)c1. The summed E-state index contributed by atoms with van der Waals surface area (Å²) in [6, 6.07) is 10.3. The number of rotatable bonds is 4. The van der Waals surface area contributed by atoms with Crippen molar-refractivity contribution >= 4 is 17.3 Å². The van der Waals surface area contributed by atoms with Crippen molar-refractivity contribution in [3.8, 4) is 0 Å². The Kier molecular flexibility index (Phi) is 4.60. The average Bonchev–Trinajstić information content (AvgIpc) is 2.99. The van der Waals surface area contributed by atoms with Crippen LogP contribution in [0.5, 0.6) is 0 Å². The molecule has 0 saturated heterocycles. The van der Waals surface area contributed by atoms with Crippen molar-refractivity contribution in [2.45, 2.75) is 45.6 Å². The van der Waals surface area contributed by atoms with E-state index in [-0.39, 0.29) is 5.91 Å². The Hall–Kier alpha value is -2.36. The fourth-order valence-corrected chi connectivity index (χ4v) is 3.19. The first-order chi connectivity index (χ1) is 11.1. The lowest BCUT2D eigenvalue weighted by atomic mass is 10.1. The molecule has 3 rings (SSSR count). The van der Waals surface area contributed by atoms with E-state index in [2.05, 4.69) is 21.7 Å². The highest BCUT2D eigenvalue weighted by Gasteiger charge is 2.15. The van der Waals surface area contributed by atoms with Crippen LogP contribution in [0.4, 0.5) is 11.4 Å². The Morgan fingerprint density at radius 1 is 1.04 bits per heavy atom. The molecule has 1 aliphatic rings. The summed E-state index contributed by atoms with van der Waals surface area (Å²) in [6.07, 6.45) is 6.65. The van der Waals surface area contributed by atoms with Crippen molar-refractivity contribution in [3.63, 3.8) is 0 Å². The van der Waals surface area contributed by atoms with Crippen LogP contribution in [-0.4, -0.2) is 16.9 Å². The van der Waals surface area contributed by atoms with Gasteiger partial charge in [0.15, 0.2) is 0 Å². The Bertz CT molecular complexity index is 685. The molecule has 0 radical (unpaired) electrons. The van der Waals surface area contributed by atoms with Gasteiger partial charge in [0.2, 0.25) is 0 Å². The van der Waals surface area contributed by atoms with Crippen LogP contribution in [0.25, 0.3) is 0 Å². The number of nitrogens with zero attached hydrogens (tertiary/aromatic N) is 1. The van der Waals surface area contributed by atoms with Crippen molar-refractivity contribution in [2.75, 3.05) is 10.6 Å². The minimum Gasteiger partial charge on any atom is -0.382 e. The van der Waals surface area contributed by atoms with E-state index in [0.29, 0.717) is 11.7 Å². The summed E-state index contributed by atoms with van der Waals surface area (Å²) in [5.74, 6) is -0.176. The van der Waals surface area contributed by atoms with Gasteiger partial charge in [-0.25, -0.2) is 0 Å². The van der Waals surface area contributed by atoms with E-state index >= 15 is 0 Å². The molecule has 1 aromatic heterocycles. The van der Waals surface area contributed by atoms with E-state index in [0.717, 1.165) is 22.5 Å². The molecule has 0 unspecified atom stereocenters. The molecule has 1 aliphatic carbocycles. The van der Waals surface area contributed by atoms with Gasteiger partial charge in [0.1, 0.15) is 5.69 Å². The predicted octanol–water partition coefficient (Wildman–Crippen LogP) is 4.31. The van der Waals surface area contributed by atoms with Gasteiger partial charge >= 0.3 is 0 Å². The lowest BCUT2D eigenvalue weighted by Crippen LogP contribution is -2.17. The van der Waals surface area contributed by atoms with Gasteiger partial charge in [-0.1, -0.05) is 18.9 Å². The molecule has 2 N–H and O–H groups in total. The van der Waals surface area contributed by atoms with Gasteiger partial charge in [-0.05, 0) is 62.1 Å². The summed E-state index contributed by atoms with van der Waals surface area (Å²) in [5.41, 5.74) is 4.47. The molecule has 0 bridgehead atoms. The Balaban J connectivity index is 1.71. The first-order valence-corrected chi connectivity index (χ1v) is 8.22. The number of hydrogen-bond donors (Lipinski definition) is 2. The first kappa shape index (κ1) is 15.5. The van der Waals surface area contributed by atoms with Gasteiger partial charge < -0.3 is 10.6 Å². The van der Waals surface area contributed by atoms with Crippen LogP contribution >= 0.6 is 0 Å². The lowest BCUT2D eigenvalue weighted by Gasteiger charge is -2.14. The number of benzene rings is 1. The topological polar surface area (TPSA) is 54.0 Å². The Morgan fingerprint density at radius 2 is 1.74 bits per heavy atom. The average molecular weight is 309 g/mol. The van der Waals surface area contributed by atoms with Crippen LogP contribution in [0.15, 0.2) is 36.5 Å². The van der Waals surface area contributed by atoms with Crippen molar-refractivity contribution in [1.29, 1.82) is 0 Å². The van der Waals surface area contributed by atoms with Crippen LogP contribution in [-0.2, 0) is 0 Å². The quantitative estimate of drug-likeness (QED) is 0.885. The van der Waals surface area contributed by atoms with Gasteiger partial charge in [-0.2, -0.15) is 0 Å². The van der Waals surface area contributed by atoms with E-state index < -0.39 is 0 Å². The van der Waals surface area contributed by atoms with E-state index in [1.807, 2.05) is 38.1 Å². The number of pyridine rings is 1. The van der Waals surface area contributed by atoms with Gasteiger partial charge in [0, 0.05) is 23.6 Å². The van der Waals surface area contributed by atoms with Gasteiger partial charge in [0.05, 0.1) is 0 Å². The maximum Gasteiger partial charge on any atom is 0.274 e. The molecule has 0 atom stereocenters. The summed E-state index contributed by atoms with van der Waals surface area (Å²) in [4.78, 5) is 16.6. The third-order valence-corrected chi connectivity index (χ3v) is 4.20. The van der Waals surface area contributed by atoms with Crippen LogP contribution < -0.4 is 10.6 Å². The molecule has 1 amide bonds. The number of hydrogen-bond acceptors (Lipinski definition) is 3. The molecule has 1 fully saturated rings. The summed E-state index contributed by atoms with van der Waals surface area (Å²) >= 11 is 0. The van der Waals surface area contributed by atoms with Crippen molar-refractivity contribution < 1.29 is 4.79 Å². The van der Waals surface area contributed by atoms with Crippen molar-refractivity contribution in [1.82, 2.24) is 4.98 Å². The normalized spacial score (nSPS) is 14.7. The molecule has 0 spiro atoms. The van der Waals surface area contributed by atoms with Crippen LogP contribution in [0.3, 0.4) is 0 Å². The number of aromatic nitrogens is 1. The number of carbonyl (C=O) groups is 1. The molecule has 120 valence electrons. The fourth-order valence-electron chi connectivity index (χ4n) is 3.19. The third kappa shape index (κ3) is 4.09. The van der Waals surface area contributed by atoms with Crippen LogP contribution in [0.1, 0.15) is 47.3 Å². The van der Waals surface area contributed by atoms with Gasteiger partial charge in [0.25, 0.3) is 5.91 Å². The minimum absolute atomic E-state index is 0.176. The largest absolute Gasteiger partial charge is 0.382 e. The Morgan fingerprint density at radius 3 is 2.43 bits per heavy atom. The fraction of sp³-hybridized carbons (Fsp3) is 0.368. The molecular weight excluding hydrogens is 286 g/mol. The predicted molar refractivity (Wildman–Crippen MR) is 94.0 cm³/mol. The highest BCUT2D eigenvalue weighted by Crippen LogP contribution is 2.22. The number of anilines is 2. The third-order valence-electron chi connectivity index (χ3n) is 4.20. The standard InChI is InChI=1S/C19H23N3O/c1-13-9-14(2)11-17(10-13)22-19(23)18-12-16(7-8-20-18)21-15-5-3-4-6-15/h7-12,15H,3-6H2,1-2H3,(H,20,21)(H,22,23). The second kappa shape index (κ2) is 6.82. The maximum absolute atomic E-state index is 12.4. The number of nitrogens with one attached hydrogen (secondary N) is 2. The molecular formula is C19H23N3O. The number of amides is 1. The zero-order chi connectivity index (χ0) is 16.2. The molecule has 0 aliphatic heterocycles. The summed E-state index contributed by atoms with van der Waals surface area (Å²) in [6.45, 7) is 4.04. The smallest absolute Gasteiger partial charge is 0.274 e. The van der Waals surface area contributed by atoms with Crippen molar-refractivity contribution in [3.05, 3.63) is 53.3 Å². The summed E-state index contributed by atoms with van der Waals surface area (Å²) < 4.78 is 0. The zero-order valence-corrected chi connectivity index (χ0v) is 13.7. The second-order valence-electron chi connectivity index (χ2n) is 6.39. The molecule has 2 aromatic rings. The highest BCUT2D eigenvalue weighted by molar-refractivity contribution is 6.03. The number of carbonyl (C=O) groups excluding carboxylic acids is 1. The van der Waals surface area contributed by atoms with Crippen molar-refractivity contribution in [2.24, 2.45) is 0 Å². The Labute approximate surface area is 137 Å². The molecule has 4 nitrogen and oxygen atoms in total. The number of aryl methyl sites for hydroxylation is 2. The van der Waals surface area contributed by atoms with E-state index in [4.69, 9.17) is 0 Å². The summed E-state index contributed by atoms with van der Waals surface area (Å²) in [5, 5.41) is 6.43. The molecule has 4 heteroatoms. The molecule has 1 aromatic carbocycles. The second-order valence-corrected chi connectivity index (χ2v) is 6.39. The first-order valence-electron chi connectivity index (χ1n) is 8.22. The minimum atomic E-state index is -0.176.